The van der Waals surface area contributed by atoms with Crippen LogP contribution in [0.25, 0.3) is 0 Å². The Balaban J connectivity index is 2.06. The fraction of sp³-hybridized carbons (Fsp3) is 0.385. The summed E-state index contributed by atoms with van der Waals surface area (Å²) < 4.78 is 23.8. The molecule has 2 aliphatic heterocycles. The first-order valence-electron chi connectivity index (χ1n) is 6.47. The van der Waals surface area contributed by atoms with Crippen LogP contribution in [0.3, 0.4) is 0 Å². The number of sulfone groups is 1. The molecule has 9 heteroatoms. The molecule has 2 saturated heterocycles. The van der Waals surface area contributed by atoms with Gasteiger partial charge < -0.3 is 4.90 Å². The van der Waals surface area contributed by atoms with E-state index in [0.29, 0.717) is 20.9 Å². The lowest BCUT2D eigenvalue weighted by Crippen LogP contribution is -2.37. The highest BCUT2D eigenvalue weighted by atomic mass is 35.5. The minimum atomic E-state index is -3.08. The molecule has 1 aromatic rings. The number of rotatable bonds is 1. The number of anilines is 1. The van der Waals surface area contributed by atoms with Gasteiger partial charge in [-0.15, -0.1) is 0 Å². The van der Waals surface area contributed by atoms with Gasteiger partial charge in [-0.05, 0) is 18.2 Å². The molecule has 1 aromatic carbocycles. The lowest BCUT2D eigenvalue weighted by Gasteiger charge is -2.24. The smallest absolute Gasteiger partial charge is 0.244 e. The third kappa shape index (κ3) is 2.99. The van der Waals surface area contributed by atoms with E-state index in [1.807, 2.05) is 0 Å². The predicted molar refractivity (Wildman–Crippen MR) is 90.9 cm³/mol. The first kappa shape index (κ1) is 16.1. The number of carbonyl (C=O) groups excluding carboxylic acids is 1. The minimum Gasteiger partial charge on any atom is -0.316 e. The zero-order valence-corrected chi connectivity index (χ0v) is 14.6. The average Bonchev–Trinajstić information content (AvgIpc) is 2.83. The highest BCUT2D eigenvalue weighted by molar-refractivity contribution is 8.16. The molecule has 0 radical (unpaired) electrons. The molecule has 0 unspecified atom stereocenters. The van der Waals surface area contributed by atoms with E-state index in [1.165, 1.54) is 18.7 Å². The normalized spacial score (nSPS) is 28.1. The van der Waals surface area contributed by atoms with Crippen LogP contribution in [0.2, 0.25) is 10.0 Å². The quantitative estimate of drug-likeness (QED) is 0.751. The fourth-order valence-corrected chi connectivity index (χ4v) is 6.89. The van der Waals surface area contributed by atoms with Gasteiger partial charge in [-0.25, -0.2) is 8.42 Å². The standard InChI is InChI=1S/C13H12Cl2N2O3S2/c1-7(18)16-13-17(8-2-3-9(14)10(15)4-8)11-5-22(19,20)6-12(11)21-13/h2-4,11-12H,5-6H2,1H3/t11-,12+/m0/s1. The number of fused-ring (bicyclic) bond motifs is 1. The van der Waals surface area contributed by atoms with Gasteiger partial charge in [0.25, 0.3) is 0 Å². The van der Waals surface area contributed by atoms with Crippen LogP contribution in [0, 0.1) is 0 Å². The van der Waals surface area contributed by atoms with Gasteiger partial charge >= 0.3 is 0 Å². The lowest BCUT2D eigenvalue weighted by molar-refractivity contribution is -0.115. The molecule has 2 aliphatic rings. The third-order valence-electron chi connectivity index (χ3n) is 3.50. The van der Waals surface area contributed by atoms with Crippen molar-refractivity contribution in [2.24, 2.45) is 4.99 Å². The fourth-order valence-electron chi connectivity index (χ4n) is 2.64. The minimum absolute atomic E-state index is 0.0435. The molecule has 22 heavy (non-hydrogen) atoms. The van der Waals surface area contributed by atoms with Crippen molar-refractivity contribution in [3.05, 3.63) is 28.2 Å². The van der Waals surface area contributed by atoms with Crippen LogP contribution in [0.15, 0.2) is 23.2 Å². The Labute approximate surface area is 142 Å². The highest BCUT2D eigenvalue weighted by Crippen LogP contribution is 2.42. The molecular weight excluding hydrogens is 367 g/mol. The number of thioether (sulfide) groups is 1. The van der Waals surface area contributed by atoms with E-state index in [4.69, 9.17) is 23.2 Å². The Morgan fingerprint density at radius 3 is 2.68 bits per heavy atom. The van der Waals surface area contributed by atoms with E-state index < -0.39 is 9.84 Å². The first-order chi connectivity index (χ1) is 10.3. The number of aliphatic imine (C=N–C) groups is 1. The summed E-state index contributed by atoms with van der Waals surface area (Å²) in [5.74, 6) is -0.186. The van der Waals surface area contributed by atoms with Crippen LogP contribution in [0.5, 0.6) is 0 Å². The Morgan fingerprint density at radius 2 is 2.05 bits per heavy atom. The molecule has 1 amide bonds. The molecule has 0 saturated carbocycles. The second-order valence-electron chi connectivity index (χ2n) is 5.18. The van der Waals surface area contributed by atoms with Gasteiger partial charge in [0.05, 0.1) is 27.6 Å². The SMILES string of the molecule is CC(=O)N=C1S[C@@H]2CS(=O)(=O)C[C@@H]2N1c1ccc(Cl)c(Cl)c1. The maximum atomic E-state index is 11.9. The molecule has 3 rings (SSSR count). The maximum absolute atomic E-state index is 11.9. The molecule has 2 fully saturated rings. The van der Waals surface area contributed by atoms with Crippen molar-refractivity contribution in [1.82, 2.24) is 0 Å². The van der Waals surface area contributed by atoms with Crippen molar-refractivity contribution in [1.29, 1.82) is 0 Å². The van der Waals surface area contributed by atoms with Crippen LogP contribution in [0.4, 0.5) is 5.69 Å². The van der Waals surface area contributed by atoms with E-state index in [-0.39, 0.29) is 28.7 Å². The van der Waals surface area contributed by atoms with Crippen molar-refractivity contribution >= 4 is 61.6 Å². The summed E-state index contributed by atoms with van der Waals surface area (Å²) in [7, 11) is -3.08. The van der Waals surface area contributed by atoms with Gasteiger partial charge in [-0.2, -0.15) is 4.99 Å². The number of hydrogen-bond acceptors (Lipinski definition) is 4. The van der Waals surface area contributed by atoms with Crippen molar-refractivity contribution in [2.45, 2.75) is 18.2 Å². The maximum Gasteiger partial charge on any atom is 0.244 e. The molecule has 0 aliphatic carbocycles. The Bertz CT molecular complexity index is 779. The summed E-state index contributed by atoms with van der Waals surface area (Å²) in [6, 6.07) is 4.81. The van der Waals surface area contributed by atoms with Crippen LogP contribution in [-0.2, 0) is 14.6 Å². The highest BCUT2D eigenvalue weighted by Gasteiger charge is 2.49. The van der Waals surface area contributed by atoms with Crippen LogP contribution >= 0.6 is 35.0 Å². The van der Waals surface area contributed by atoms with E-state index in [2.05, 4.69) is 4.99 Å². The largest absolute Gasteiger partial charge is 0.316 e. The van der Waals surface area contributed by atoms with E-state index >= 15 is 0 Å². The number of hydrogen-bond donors (Lipinski definition) is 0. The predicted octanol–water partition coefficient (Wildman–Crippen LogP) is 2.61. The zero-order valence-electron chi connectivity index (χ0n) is 11.5. The van der Waals surface area contributed by atoms with Crippen molar-refractivity contribution in [3.63, 3.8) is 0 Å². The van der Waals surface area contributed by atoms with Crippen LogP contribution in [0.1, 0.15) is 6.92 Å². The average molecular weight is 379 g/mol. The molecule has 5 nitrogen and oxygen atoms in total. The zero-order chi connectivity index (χ0) is 16.1. The summed E-state index contributed by atoms with van der Waals surface area (Å²) in [4.78, 5) is 17.1. The second kappa shape index (κ2) is 5.70. The molecular formula is C13H12Cl2N2O3S2. The summed E-state index contributed by atoms with van der Waals surface area (Å²) in [6.07, 6.45) is 0. The lowest BCUT2D eigenvalue weighted by atomic mass is 10.2. The molecule has 2 atom stereocenters. The summed E-state index contributed by atoms with van der Waals surface area (Å²) in [5.41, 5.74) is 0.687. The van der Waals surface area contributed by atoms with Gasteiger partial charge in [-0.1, -0.05) is 35.0 Å². The van der Waals surface area contributed by atoms with Gasteiger partial charge in [0.1, 0.15) is 0 Å². The molecule has 0 N–H and O–H groups in total. The summed E-state index contributed by atoms with van der Waals surface area (Å²) >= 11 is 13.3. The van der Waals surface area contributed by atoms with Crippen molar-refractivity contribution in [3.8, 4) is 0 Å². The number of amides is 1. The van der Waals surface area contributed by atoms with Gasteiger partial charge in [0.2, 0.25) is 5.91 Å². The molecule has 0 bridgehead atoms. The van der Waals surface area contributed by atoms with Crippen molar-refractivity contribution in [2.75, 3.05) is 16.4 Å². The first-order valence-corrected chi connectivity index (χ1v) is 9.93. The van der Waals surface area contributed by atoms with E-state index in [9.17, 15) is 13.2 Å². The Kier molecular flexibility index (Phi) is 4.18. The monoisotopic (exact) mass is 378 g/mol. The third-order valence-corrected chi connectivity index (χ3v) is 7.45. The number of benzene rings is 1. The molecule has 0 spiro atoms. The molecule has 0 aromatic heterocycles. The van der Waals surface area contributed by atoms with Crippen molar-refractivity contribution < 1.29 is 13.2 Å². The Morgan fingerprint density at radius 1 is 1.32 bits per heavy atom. The Hall–Kier alpha value is -0.760. The number of carbonyl (C=O) groups is 1. The van der Waals surface area contributed by atoms with Gasteiger partial charge in [-0.3, -0.25) is 4.79 Å². The summed E-state index contributed by atoms with van der Waals surface area (Å²) in [5, 5.41) is 1.17. The van der Waals surface area contributed by atoms with E-state index in [1.54, 1.807) is 23.1 Å². The second-order valence-corrected chi connectivity index (χ2v) is 9.36. The van der Waals surface area contributed by atoms with E-state index in [0.717, 1.165) is 0 Å². The number of nitrogens with zero attached hydrogens (tertiary/aromatic N) is 2. The van der Waals surface area contributed by atoms with Gasteiger partial charge in [0, 0.05) is 17.9 Å². The molecule has 2 heterocycles. The number of halogens is 2. The topological polar surface area (TPSA) is 66.8 Å². The van der Waals surface area contributed by atoms with Gasteiger partial charge in [0.15, 0.2) is 15.0 Å². The van der Waals surface area contributed by atoms with Crippen LogP contribution < -0.4 is 4.90 Å². The van der Waals surface area contributed by atoms with Crippen LogP contribution in [-0.4, -0.2) is 42.3 Å². The number of amidine groups is 1. The molecule has 118 valence electrons. The summed E-state index contributed by atoms with van der Waals surface area (Å²) in [6.45, 7) is 1.37.